The lowest BCUT2D eigenvalue weighted by molar-refractivity contribution is 0.106. The van der Waals surface area contributed by atoms with Crippen LogP contribution in [0, 0.1) is 3.70 Å². The van der Waals surface area contributed by atoms with Gasteiger partial charge in [-0.15, -0.1) is 0 Å². The molecule has 0 spiro atoms. The van der Waals surface area contributed by atoms with Crippen molar-refractivity contribution in [3.8, 4) is 0 Å². The number of halogens is 4. The van der Waals surface area contributed by atoms with E-state index in [0.29, 0.717) is 0 Å². The summed E-state index contributed by atoms with van der Waals surface area (Å²) in [5.74, 6) is 0. The molecule has 0 saturated carbocycles. The van der Waals surface area contributed by atoms with Gasteiger partial charge in [-0.25, -0.2) is 8.78 Å². The number of H-pyrrole nitrogens is 1. The van der Waals surface area contributed by atoms with E-state index in [2.05, 4.69) is 4.98 Å². The molecule has 7 heteroatoms. The number of pyridine rings is 1. The molecule has 0 unspecified atom stereocenters. The second kappa shape index (κ2) is 4.35. The Labute approximate surface area is 95.6 Å². The Balaban J connectivity index is 3.52. The summed E-state index contributed by atoms with van der Waals surface area (Å²) >= 11 is 6.58. The van der Waals surface area contributed by atoms with Crippen LogP contribution in [-0.2, 0) is 0 Å². The number of rotatable bonds is 2. The predicted octanol–water partition coefficient (Wildman–Crippen LogP) is 2.30. The molecule has 0 amide bonds. The summed E-state index contributed by atoms with van der Waals surface area (Å²) in [7, 11) is 0. The van der Waals surface area contributed by atoms with E-state index in [1.165, 1.54) is 22.6 Å². The van der Waals surface area contributed by atoms with Crippen molar-refractivity contribution in [2.45, 2.75) is 6.43 Å². The smallest absolute Gasteiger partial charge is 0.267 e. The standard InChI is InChI=1S/C7H3ClF2INO2/c8-5(14)2-1-3(13)12-7(11)4(2)6(9)10/h1,6H,(H,12,13). The highest BCUT2D eigenvalue weighted by molar-refractivity contribution is 14.1. The van der Waals surface area contributed by atoms with Gasteiger partial charge >= 0.3 is 0 Å². The minimum atomic E-state index is -2.85. The molecule has 1 aromatic rings. The Morgan fingerprint density at radius 1 is 1.57 bits per heavy atom. The minimum Gasteiger partial charge on any atom is -0.317 e. The maximum atomic E-state index is 12.4. The maximum Gasteiger partial charge on any atom is 0.267 e. The van der Waals surface area contributed by atoms with Crippen molar-refractivity contribution >= 4 is 39.4 Å². The van der Waals surface area contributed by atoms with Crippen molar-refractivity contribution in [1.29, 1.82) is 0 Å². The first-order valence-corrected chi connectivity index (χ1v) is 4.80. The SMILES string of the molecule is O=C(Cl)c1cc(=O)[nH]c(I)c1C(F)F. The highest BCUT2D eigenvalue weighted by Crippen LogP contribution is 2.26. The zero-order valence-electron chi connectivity index (χ0n) is 6.48. The molecule has 1 aromatic heterocycles. The van der Waals surface area contributed by atoms with Crippen molar-refractivity contribution in [3.05, 3.63) is 31.2 Å². The van der Waals surface area contributed by atoms with E-state index in [0.717, 1.165) is 6.07 Å². The van der Waals surface area contributed by atoms with Gasteiger partial charge in [-0.3, -0.25) is 9.59 Å². The van der Waals surface area contributed by atoms with Crippen LogP contribution < -0.4 is 5.56 Å². The van der Waals surface area contributed by atoms with Gasteiger partial charge in [0, 0.05) is 6.07 Å². The molecule has 0 aliphatic rings. The molecular weight excluding hydrogens is 330 g/mol. The predicted molar refractivity (Wildman–Crippen MR) is 54.9 cm³/mol. The normalized spacial score (nSPS) is 10.6. The lowest BCUT2D eigenvalue weighted by Gasteiger charge is -2.06. The minimum absolute atomic E-state index is 0.0749. The first-order valence-electron chi connectivity index (χ1n) is 3.34. The van der Waals surface area contributed by atoms with Crippen LogP contribution in [-0.4, -0.2) is 10.2 Å². The summed E-state index contributed by atoms with van der Waals surface area (Å²) in [5.41, 5.74) is -1.62. The van der Waals surface area contributed by atoms with Gasteiger partial charge in [0.25, 0.3) is 11.7 Å². The summed E-state index contributed by atoms with van der Waals surface area (Å²) in [6.45, 7) is 0. The molecule has 0 fully saturated rings. The molecule has 1 N–H and O–H groups in total. The van der Waals surface area contributed by atoms with Crippen LogP contribution in [0.1, 0.15) is 22.3 Å². The lowest BCUT2D eigenvalue weighted by atomic mass is 10.1. The first-order chi connectivity index (χ1) is 6.43. The van der Waals surface area contributed by atoms with Crippen LogP contribution in [0.5, 0.6) is 0 Å². The number of hydrogen-bond donors (Lipinski definition) is 1. The topological polar surface area (TPSA) is 49.9 Å². The maximum absolute atomic E-state index is 12.4. The van der Waals surface area contributed by atoms with Crippen molar-refractivity contribution in [3.63, 3.8) is 0 Å². The van der Waals surface area contributed by atoms with Crippen LogP contribution in [0.3, 0.4) is 0 Å². The Kier molecular flexibility index (Phi) is 3.59. The van der Waals surface area contributed by atoms with Gasteiger partial charge in [-0.05, 0) is 34.2 Å². The van der Waals surface area contributed by atoms with Crippen LogP contribution >= 0.6 is 34.2 Å². The van der Waals surface area contributed by atoms with Gasteiger partial charge in [0.15, 0.2) is 0 Å². The molecule has 3 nitrogen and oxygen atoms in total. The molecular formula is C7H3ClF2INO2. The third-order valence-corrected chi connectivity index (χ3v) is 2.52. The third kappa shape index (κ3) is 2.30. The van der Waals surface area contributed by atoms with Crippen molar-refractivity contribution in [2.75, 3.05) is 0 Å². The van der Waals surface area contributed by atoms with Gasteiger partial charge in [-0.2, -0.15) is 0 Å². The van der Waals surface area contributed by atoms with Gasteiger partial charge < -0.3 is 4.98 Å². The second-order valence-corrected chi connectivity index (χ2v) is 3.77. The van der Waals surface area contributed by atoms with E-state index in [4.69, 9.17) is 11.6 Å². The molecule has 0 bridgehead atoms. The van der Waals surface area contributed by atoms with Crippen LogP contribution in [0.15, 0.2) is 10.9 Å². The van der Waals surface area contributed by atoms with Crippen molar-refractivity contribution < 1.29 is 13.6 Å². The first kappa shape index (κ1) is 11.6. The Hall–Kier alpha value is -0.500. The molecule has 0 aliphatic carbocycles. The zero-order chi connectivity index (χ0) is 10.9. The van der Waals surface area contributed by atoms with E-state index in [-0.39, 0.29) is 3.70 Å². The van der Waals surface area contributed by atoms with E-state index in [1.54, 1.807) is 0 Å². The van der Waals surface area contributed by atoms with Gasteiger partial charge in [0.05, 0.1) is 14.8 Å². The average Bonchev–Trinajstić information content (AvgIpc) is 2.01. The Morgan fingerprint density at radius 3 is 2.57 bits per heavy atom. The van der Waals surface area contributed by atoms with Crippen molar-refractivity contribution in [2.24, 2.45) is 0 Å². The van der Waals surface area contributed by atoms with Gasteiger partial charge in [0.2, 0.25) is 5.56 Å². The van der Waals surface area contributed by atoms with E-state index in [1.807, 2.05) is 0 Å². The van der Waals surface area contributed by atoms with Crippen molar-refractivity contribution in [1.82, 2.24) is 4.98 Å². The number of aromatic nitrogens is 1. The van der Waals surface area contributed by atoms with Crippen LogP contribution in [0.2, 0.25) is 0 Å². The molecule has 0 saturated heterocycles. The largest absolute Gasteiger partial charge is 0.317 e. The number of alkyl halides is 2. The molecule has 1 rings (SSSR count). The lowest BCUT2D eigenvalue weighted by Crippen LogP contribution is -2.14. The highest BCUT2D eigenvalue weighted by atomic mass is 127. The van der Waals surface area contributed by atoms with E-state index < -0.39 is 28.4 Å². The zero-order valence-corrected chi connectivity index (χ0v) is 9.40. The van der Waals surface area contributed by atoms with Crippen LogP contribution in [0.25, 0.3) is 0 Å². The van der Waals surface area contributed by atoms with Crippen LogP contribution in [0.4, 0.5) is 8.78 Å². The van der Waals surface area contributed by atoms with Gasteiger partial charge in [0.1, 0.15) is 0 Å². The molecule has 0 atom stereocenters. The molecule has 1 heterocycles. The number of carbonyl (C=O) groups is 1. The highest BCUT2D eigenvalue weighted by Gasteiger charge is 2.21. The summed E-state index contributed by atoms with van der Waals surface area (Å²) in [6.07, 6.45) is -2.85. The molecule has 0 aliphatic heterocycles. The van der Waals surface area contributed by atoms with E-state index in [9.17, 15) is 18.4 Å². The fraction of sp³-hybridized carbons (Fsp3) is 0.143. The summed E-state index contributed by atoms with van der Waals surface area (Å²) in [4.78, 5) is 23.8. The fourth-order valence-electron chi connectivity index (χ4n) is 0.915. The van der Waals surface area contributed by atoms with Gasteiger partial charge in [-0.1, -0.05) is 0 Å². The number of nitrogens with one attached hydrogen (secondary N) is 1. The second-order valence-electron chi connectivity index (χ2n) is 2.35. The fourth-order valence-corrected chi connectivity index (χ4v) is 1.86. The molecule has 76 valence electrons. The molecule has 0 radical (unpaired) electrons. The summed E-state index contributed by atoms with van der Waals surface area (Å²) in [6, 6.07) is 0.763. The third-order valence-electron chi connectivity index (χ3n) is 1.46. The average molecular weight is 333 g/mol. The monoisotopic (exact) mass is 333 g/mol. The quantitative estimate of drug-likeness (QED) is 0.513. The number of aromatic amines is 1. The Morgan fingerprint density at radius 2 is 2.14 bits per heavy atom. The molecule has 0 aromatic carbocycles. The van der Waals surface area contributed by atoms with E-state index >= 15 is 0 Å². The number of carbonyl (C=O) groups excluding carboxylic acids is 1. The number of hydrogen-bond acceptors (Lipinski definition) is 2. The summed E-state index contributed by atoms with van der Waals surface area (Å²) in [5, 5.41) is -1.07. The molecule has 14 heavy (non-hydrogen) atoms. The Bertz CT molecular complexity index is 432. The summed E-state index contributed by atoms with van der Waals surface area (Å²) < 4.78 is 24.8.